The number of aliphatic hydroxyl groups excluding tert-OH is 1. The van der Waals surface area contributed by atoms with Gasteiger partial charge in [0.1, 0.15) is 0 Å². The fourth-order valence-electron chi connectivity index (χ4n) is 2.36. The molecule has 0 amide bonds. The summed E-state index contributed by atoms with van der Waals surface area (Å²) in [5, 5.41) is 23.4. The van der Waals surface area contributed by atoms with Gasteiger partial charge < -0.3 is 10.4 Å². The summed E-state index contributed by atoms with van der Waals surface area (Å²) in [6, 6.07) is 4.73. The van der Waals surface area contributed by atoms with Gasteiger partial charge in [-0.15, -0.1) is 0 Å². The molecule has 0 aliphatic heterocycles. The van der Waals surface area contributed by atoms with E-state index in [1.165, 1.54) is 12.1 Å². The SMILES string of the molecule is O=[N+]([O-])c1ccc(NCC2CCC(O)CC2)c(Br)c1. The highest BCUT2D eigenvalue weighted by Gasteiger charge is 2.19. The first-order chi connectivity index (χ1) is 9.06. The zero-order valence-electron chi connectivity index (χ0n) is 10.5. The molecule has 1 fully saturated rings. The number of aliphatic hydroxyl groups is 1. The Balaban J connectivity index is 1.91. The molecule has 1 aliphatic carbocycles. The van der Waals surface area contributed by atoms with Gasteiger partial charge in [0.05, 0.1) is 11.0 Å². The van der Waals surface area contributed by atoms with Gasteiger partial charge in [-0.25, -0.2) is 0 Å². The van der Waals surface area contributed by atoms with Gasteiger partial charge >= 0.3 is 0 Å². The van der Waals surface area contributed by atoms with E-state index in [0.29, 0.717) is 10.4 Å². The molecule has 19 heavy (non-hydrogen) atoms. The molecule has 2 rings (SSSR count). The zero-order chi connectivity index (χ0) is 13.8. The average Bonchev–Trinajstić information content (AvgIpc) is 2.39. The molecule has 1 aromatic rings. The van der Waals surface area contributed by atoms with Crippen molar-refractivity contribution in [1.82, 2.24) is 0 Å². The van der Waals surface area contributed by atoms with Crippen molar-refractivity contribution in [1.29, 1.82) is 0 Å². The van der Waals surface area contributed by atoms with Gasteiger partial charge in [-0.05, 0) is 53.6 Å². The maximum atomic E-state index is 10.6. The number of anilines is 1. The third kappa shape index (κ3) is 3.91. The molecular weight excluding hydrogens is 312 g/mol. The minimum atomic E-state index is -0.406. The first-order valence-corrected chi connectivity index (χ1v) is 7.21. The second-order valence-corrected chi connectivity index (χ2v) is 5.83. The predicted molar refractivity (Wildman–Crippen MR) is 77.3 cm³/mol. The lowest BCUT2D eigenvalue weighted by Gasteiger charge is -2.26. The molecule has 1 saturated carbocycles. The van der Waals surface area contributed by atoms with E-state index >= 15 is 0 Å². The second kappa shape index (κ2) is 6.34. The van der Waals surface area contributed by atoms with E-state index < -0.39 is 4.92 Å². The van der Waals surface area contributed by atoms with Crippen molar-refractivity contribution in [2.45, 2.75) is 31.8 Å². The lowest BCUT2D eigenvalue weighted by molar-refractivity contribution is -0.384. The smallest absolute Gasteiger partial charge is 0.270 e. The van der Waals surface area contributed by atoms with Crippen molar-refractivity contribution < 1.29 is 10.0 Å². The molecule has 0 saturated heterocycles. The zero-order valence-corrected chi connectivity index (χ0v) is 12.1. The normalized spacial score (nSPS) is 23.1. The number of nitro benzene ring substituents is 1. The van der Waals surface area contributed by atoms with Crippen LogP contribution < -0.4 is 5.32 Å². The molecule has 1 aliphatic rings. The van der Waals surface area contributed by atoms with Crippen LogP contribution in [-0.4, -0.2) is 22.7 Å². The third-order valence-electron chi connectivity index (χ3n) is 3.56. The van der Waals surface area contributed by atoms with E-state index in [1.807, 2.05) is 0 Å². The van der Waals surface area contributed by atoms with Crippen LogP contribution >= 0.6 is 15.9 Å². The highest BCUT2D eigenvalue weighted by atomic mass is 79.9. The molecule has 0 heterocycles. The van der Waals surface area contributed by atoms with Crippen LogP contribution in [-0.2, 0) is 0 Å². The molecule has 1 aromatic carbocycles. The van der Waals surface area contributed by atoms with Crippen LogP contribution in [0.1, 0.15) is 25.7 Å². The molecule has 5 nitrogen and oxygen atoms in total. The van der Waals surface area contributed by atoms with Gasteiger partial charge in [-0.1, -0.05) is 0 Å². The number of halogens is 1. The monoisotopic (exact) mass is 328 g/mol. The summed E-state index contributed by atoms with van der Waals surface area (Å²) >= 11 is 3.34. The van der Waals surface area contributed by atoms with Crippen molar-refractivity contribution >= 4 is 27.3 Å². The molecule has 104 valence electrons. The van der Waals surface area contributed by atoms with Crippen LogP contribution in [0.15, 0.2) is 22.7 Å². The summed E-state index contributed by atoms with van der Waals surface area (Å²) in [5.74, 6) is 0.561. The number of benzene rings is 1. The highest BCUT2D eigenvalue weighted by molar-refractivity contribution is 9.10. The Kier molecular flexibility index (Phi) is 4.76. The lowest BCUT2D eigenvalue weighted by atomic mass is 9.87. The van der Waals surface area contributed by atoms with Crippen LogP contribution in [0.4, 0.5) is 11.4 Å². The fourth-order valence-corrected chi connectivity index (χ4v) is 2.87. The van der Waals surface area contributed by atoms with Crippen molar-refractivity contribution in [3.05, 3.63) is 32.8 Å². The number of nitrogens with one attached hydrogen (secondary N) is 1. The van der Waals surface area contributed by atoms with E-state index in [0.717, 1.165) is 37.9 Å². The largest absolute Gasteiger partial charge is 0.393 e. The minimum Gasteiger partial charge on any atom is -0.393 e. The number of nitrogens with zero attached hydrogens (tertiary/aromatic N) is 1. The third-order valence-corrected chi connectivity index (χ3v) is 4.22. The molecule has 0 atom stereocenters. The lowest BCUT2D eigenvalue weighted by Crippen LogP contribution is -2.23. The Morgan fingerprint density at radius 1 is 1.37 bits per heavy atom. The van der Waals surface area contributed by atoms with Crippen LogP contribution in [0.2, 0.25) is 0 Å². The van der Waals surface area contributed by atoms with Crippen LogP contribution in [0.3, 0.4) is 0 Å². The molecule has 0 unspecified atom stereocenters. The van der Waals surface area contributed by atoms with Crippen molar-refractivity contribution in [3.63, 3.8) is 0 Å². The second-order valence-electron chi connectivity index (χ2n) is 4.98. The summed E-state index contributed by atoms with van der Waals surface area (Å²) in [4.78, 5) is 10.2. The van der Waals surface area contributed by atoms with E-state index in [9.17, 15) is 15.2 Å². The van der Waals surface area contributed by atoms with Gasteiger partial charge in [0.15, 0.2) is 0 Å². The number of hydrogen-bond donors (Lipinski definition) is 2. The highest BCUT2D eigenvalue weighted by Crippen LogP contribution is 2.29. The van der Waals surface area contributed by atoms with Gasteiger partial charge in [0, 0.05) is 28.8 Å². The molecule has 0 spiro atoms. The molecule has 0 bridgehead atoms. The molecule has 0 radical (unpaired) electrons. The summed E-state index contributed by atoms with van der Waals surface area (Å²) in [6.45, 7) is 0.836. The van der Waals surface area contributed by atoms with E-state index in [2.05, 4.69) is 21.2 Å². The van der Waals surface area contributed by atoms with Crippen molar-refractivity contribution in [3.8, 4) is 0 Å². The first kappa shape index (κ1) is 14.3. The average molecular weight is 329 g/mol. The standard InChI is InChI=1S/C13H17BrN2O3/c14-12-7-10(16(18)19)3-6-13(12)15-8-9-1-4-11(17)5-2-9/h3,6-7,9,11,15,17H,1-2,4-5,8H2. The van der Waals surface area contributed by atoms with Crippen LogP contribution in [0, 0.1) is 16.0 Å². The summed E-state index contributed by atoms with van der Waals surface area (Å²) in [6.07, 6.45) is 3.65. The van der Waals surface area contributed by atoms with E-state index in [-0.39, 0.29) is 11.8 Å². The summed E-state index contributed by atoms with van der Waals surface area (Å²) in [5.41, 5.74) is 0.954. The summed E-state index contributed by atoms with van der Waals surface area (Å²) < 4.78 is 0.706. The number of hydrogen-bond acceptors (Lipinski definition) is 4. The quantitative estimate of drug-likeness (QED) is 0.656. The maximum Gasteiger partial charge on any atom is 0.270 e. The van der Waals surface area contributed by atoms with Gasteiger partial charge in [-0.3, -0.25) is 10.1 Å². The number of nitro groups is 1. The van der Waals surface area contributed by atoms with Crippen LogP contribution in [0.25, 0.3) is 0 Å². The predicted octanol–water partition coefficient (Wildman–Crippen LogP) is 3.32. The number of non-ortho nitro benzene ring substituents is 1. The molecular formula is C13H17BrN2O3. The number of rotatable bonds is 4. The van der Waals surface area contributed by atoms with Crippen molar-refractivity contribution in [2.24, 2.45) is 5.92 Å². The van der Waals surface area contributed by atoms with E-state index in [4.69, 9.17) is 0 Å². The fraction of sp³-hybridized carbons (Fsp3) is 0.538. The Hall–Kier alpha value is -1.14. The van der Waals surface area contributed by atoms with Gasteiger partial charge in [-0.2, -0.15) is 0 Å². The topological polar surface area (TPSA) is 75.4 Å². The molecule has 0 aromatic heterocycles. The van der Waals surface area contributed by atoms with Gasteiger partial charge in [0.25, 0.3) is 5.69 Å². The first-order valence-electron chi connectivity index (χ1n) is 6.42. The Morgan fingerprint density at radius 2 is 2.05 bits per heavy atom. The molecule has 2 N–H and O–H groups in total. The minimum absolute atomic E-state index is 0.0817. The maximum absolute atomic E-state index is 10.6. The molecule has 6 heteroatoms. The van der Waals surface area contributed by atoms with Crippen molar-refractivity contribution in [2.75, 3.05) is 11.9 Å². The Labute approximate surface area is 120 Å². The van der Waals surface area contributed by atoms with Gasteiger partial charge in [0.2, 0.25) is 0 Å². The summed E-state index contributed by atoms with van der Waals surface area (Å²) in [7, 11) is 0. The van der Waals surface area contributed by atoms with E-state index in [1.54, 1.807) is 6.07 Å². The Morgan fingerprint density at radius 3 is 2.63 bits per heavy atom. The Bertz CT molecular complexity index is 459. The van der Waals surface area contributed by atoms with Crippen LogP contribution in [0.5, 0.6) is 0 Å².